The van der Waals surface area contributed by atoms with Gasteiger partial charge < -0.3 is 15.5 Å². The van der Waals surface area contributed by atoms with Crippen molar-refractivity contribution in [2.45, 2.75) is 5.50 Å². The molecular weight excluding hydrogens is 330 g/mol. The number of thiocarbonyl (C=S) groups is 1. The summed E-state index contributed by atoms with van der Waals surface area (Å²) >= 11 is 6.66. The minimum atomic E-state index is -0.273. The molecular formula is C15H21N5OS2. The van der Waals surface area contributed by atoms with Crippen LogP contribution in [0.2, 0.25) is 0 Å². The number of carbonyl (C=O) groups is 1. The summed E-state index contributed by atoms with van der Waals surface area (Å²) in [5.74, 6) is 0. The Morgan fingerprint density at radius 1 is 1.39 bits per heavy atom. The predicted molar refractivity (Wildman–Crippen MR) is 99.1 cm³/mol. The maximum atomic E-state index is 12.0. The number of nitrogens with zero attached hydrogens (tertiary/aromatic N) is 3. The van der Waals surface area contributed by atoms with Crippen molar-refractivity contribution in [3.05, 3.63) is 23.1 Å². The molecule has 1 unspecified atom stereocenters. The molecule has 0 bridgehead atoms. The molecule has 2 amide bonds. The van der Waals surface area contributed by atoms with E-state index in [4.69, 9.17) is 12.2 Å². The number of rotatable bonds is 4. The Bertz CT molecular complexity index is 578. The summed E-state index contributed by atoms with van der Waals surface area (Å²) in [5.41, 5.74) is 0.622. The van der Waals surface area contributed by atoms with Crippen LogP contribution in [0.5, 0.6) is 0 Å². The average Bonchev–Trinajstić information content (AvgIpc) is 2.90. The maximum Gasteiger partial charge on any atom is 0.317 e. The lowest BCUT2D eigenvalue weighted by atomic mass is 10.2. The number of nitrogens with one attached hydrogen (secondary N) is 2. The molecule has 8 heteroatoms. The van der Waals surface area contributed by atoms with Crippen LogP contribution in [0.25, 0.3) is 0 Å². The van der Waals surface area contributed by atoms with Crippen molar-refractivity contribution >= 4 is 40.6 Å². The summed E-state index contributed by atoms with van der Waals surface area (Å²) in [7, 11) is 2.14. The predicted octanol–water partition coefficient (Wildman–Crippen LogP) is 0.828. The summed E-state index contributed by atoms with van der Waals surface area (Å²) < 4.78 is 0. The normalized spacial score (nSPS) is 24.9. The van der Waals surface area contributed by atoms with Crippen LogP contribution in [0.3, 0.4) is 0 Å². The molecule has 2 aliphatic heterocycles. The Morgan fingerprint density at radius 3 is 2.96 bits per heavy atom. The number of aliphatic imine (C=N–C) groups is 1. The number of amides is 2. The summed E-state index contributed by atoms with van der Waals surface area (Å²) in [5, 5.41) is 5.78. The summed E-state index contributed by atoms with van der Waals surface area (Å²) in [6.07, 6.45) is 5.68. The average molecular weight is 352 g/mol. The highest BCUT2D eigenvalue weighted by Gasteiger charge is 2.25. The van der Waals surface area contributed by atoms with E-state index >= 15 is 0 Å². The van der Waals surface area contributed by atoms with Gasteiger partial charge in [-0.2, -0.15) is 0 Å². The highest BCUT2D eigenvalue weighted by atomic mass is 32.2. The highest BCUT2D eigenvalue weighted by molar-refractivity contribution is 8.05. The third-order valence-electron chi connectivity index (χ3n) is 3.99. The van der Waals surface area contributed by atoms with E-state index in [9.17, 15) is 4.79 Å². The van der Waals surface area contributed by atoms with E-state index in [0.717, 1.165) is 48.2 Å². The number of hydrogen-bond donors (Lipinski definition) is 2. The second-order valence-corrected chi connectivity index (χ2v) is 7.37. The van der Waals surface area contributed by atoms with Gasteiger partial charge in [0.25, 0.3) is 0 Å². The summed E-state index contributed by atoms with van der Waals surface area (Å²) in [4.78, 5) is 23.0. The third kappa shape index (κ3) is 4.63. The van der Waals surface area contributed by atoms with E-state index in [2.05, 4.69) is 32.5 Å². The molecule has 0 aromatic rings. The number of carbonyl (C=O) groups excluding carboxylic acids is 1. The summed E-state index contributed by atoms with van der Waals surface area (Å²) in [6.45, 7) is 5.84. The highest BCUT2D eigenvalue weighted by Crippen LogP contribution is 2.32. The Balaban J connectivity index is 1.37. The Labute approximate surface area is 146 Å². The maximum absolute atomic E-state index is 12.0. The molecule has 0 aromatic heterocycles. The number of allylic oxidation sites excluding steroid dienone is 4. The zero-order valence-corrected chi connectivity index (χ0v) is 14.8. The van der Waals surface area contributed by atoms with E-state index < -0.39 is 0 Å². The van der Waals surface area contributed by atoms with Gasteiger partial charge in [0.1, 0.15) is 0 Å². The lowest BCUT2D eigenvalue weighted by Crippen LogP contribution is -2.48. The number of hydrogen-bond acceptors (Lipinski definition) is 6. The van der Waals surface area contributed by atoms with Crippen LogP contribution in [-0.2, 0) is 0 Å². The minimum Gasteiger partial charge on any atom is -0.337 e. The first-order valence-corrected chi connectivity index (χ1v) is 9.03. The SMILES string of the molecule is CN1CCN(CCNC(=O)NC2N=C3C=CC(=S)C=C3S2)CC1. The smallest absolute Gasteiger partial charge is 0.317 e. The molecule has 1 atom stereocenters. The van der Waals surface area contributed by atoms with Gasteiger partial charge in [-0.25, -0.2) is 9.79 Å². The standard InChI is InChI=1S/C15H21N5OS2/c1-19-6-8-20(9-7-19)5-4-16-14(21)18-15-17-12-3-2-11(22)10-13(12)23-15/h2-3,10,15H,4-9H2,1H3,(H2,16,18,21). The van der Waals surface area contributed by atoms with Gasteiger partial charge in [0.2, 0.25) is 0 Å². The Hall–Kier alpha value is -1.22. The third-order valence-corrected chi connectivity index (χ3v) is 5.27. The molecule has 6 nitrogen and oxygen atoms in total. The quantitative estimate of drug-likeness (QED) is 0.735. The van der Waals surface area contributed by atoms with Crippen LogP contribution in [0, 0.1) is 0 Å². The number of thioether (sulfide) groups is 1. The van der Waals surface area contributed by atoms with E-state index in [1.807, 2.05) is 18.2 Å². The molecule has 3 aliphatic rings. The number of fused-ring (bicyclic) bond motifs is 1. The van der Waals surface area contributed by atoms with Crippen LogP contribution in [-0.4, -0.2) is 78.2 Å². The molecule has 2 N–H and O–H groups in total. The fraction of sp³-hybridized carbons (Fsp3) is 0.533. The largest absolute Gasteiger partial charge is 0.337 e. The molecule has 1 aliphatic carbocycles. The second kappa shape index (κ2) is 7.57. The fourth-order valence-electron chi connectivity index (χ4n) is 2.59. The van der Waals surface area contributed by atoms with Crippen LogP contribution in [0.4, 0.5) is 4.79 Å². The van der Waals surface area contributed by atoms with Crippen molar-refractivity contribution in [2.75, 3.05) is 46.3 Å². The Morgan fingerprint density at radius 2 is 2.17 bits per heavy atom. The zero-order chi connectivity index (χ0) is 16.2. The van der Waals surface area contributed by atoms with Crippen LogP contribution in [0.1, 0.15) is 0 Å². The van der Waals surface area contributed by atoms with Crippen LogP contribution in [0.15, 0.2) is 28.1 Å². The van der Waals surface area contributed by atoms with Crippen molar-refractivity contribution in [2.24, 2.45) is 4.99 Å². The van der Waals surface area contributed by atoms with Crippen molar-refractivity contribution in [1.29, 1.82) is 0 Å². The minimum absolute atomic E-state index is 0.174. The fourth-order valence-corrected chi connectivity index (χ4v) is 3.86. The van der Waals surface area contributed by atoms with Gasteiger partial charge >= 0.3 is 6.03 Å². The molecule has 23 heavy (non-hydrogen) atoms. The molecule has 0 saturated carbocycles. The van der Waals surface area contributed by atoms with E-state index in [-0.39, 0.29) is 11.5 Å². The van der Waals surface area contributed by atoms with Crippen molar-refractivity contribution in [3.8, 4) is 0 Å². The van der Waals surface area contributed by atoms with Gasteiger partial charge in [0, 0.05) is 49.0 Å². The molecule has 0 radical (unpaired) electrons. The van der Waals surface area contributed by atoms with Crippen molar-refractivity contribution < 1.29 is 4.79 Å². The molecule has 1 saturated heterocycles. The van der Waals surface area contributed by atoms with E-state index in [1.54, 1.807) is 0 Å². The molecule has 0 spiro atoms. The second-order valence-electron chi connectivity index (χ2n) is 5.77. The number of likely N-dealkylation sites (N-methyl/N-ethyl adjacent to an activating group) is 1. The van der Waals surface area contributed by atoms with Gasteiger partial charge in [-0.1, -0.05) is 24.0 Å². The first-order chi connectivity index (χ1) is 11.1. The molecule has 124 valence electrons. The lowest BCUT2D eigenvalue weighted by molar-refractivity contribution is 0.155. The van der Waals surface area contributed by atoms with Crippen LogP contribution >= 0.6 is 24.0 Å². The van der Waals surface area contributed by atoms with Gasteiger partial charge in [-0.15, -0.1) is 0 Å². The molecule has 2 heterocycles. The molecule has 0 aromatic carbocycles. The monoisotopic (exact) mass is 351 g/mol. The van der Waals surface area contributed by atoms with Gasteiger partial charge in [-0.05, 0) is 25.3 Å². The van der Waals surface area contributed by atoms with E-state index in [0.29, 0.717) is 6.54 Å². The number of urea groups is 1. The van der Waals surface area contributed by atoms with Gasteiger partial charge in [-0.3, -0.25) is 4.90 Å². The van der Waals surface area contributed by atoms with Crippen molar-refractivity contribution in [1.82, 2.24) is 20.4 Å². The van der Waals surface area contributed by atoms with Crippen LogP contribution < -0.4 is 10.6 Å². The van der Waals surface area contributed by atoms with Gasteiger partial charge in [0.05, 0.1) is 5.71 Å². The van der Waals surface area contributed by atoms with Crippen molar-refractivity contribution in [3.63, 3.8) is 0 Å². The summed E-state index contributed by atoms with van der Waals surface area (Å²) in [6, 6.07) is -0.174. The topological polar surface area (TPSA) is 60.0 Å². The van der Waals surface area contributed by atoms with E-state index in [1.165, 1.54) is 11.8 Å². The lowest BCUT2D eigenvalue weighted by Gasteiger charge is -2.32. The number of piperazine rings is 1. The molecule has 3 rings (SSSR count). The molecule has 1 fully saturated rings. The van der Waals surface area contributed by atoms with Gasteiger partial charge in [0.15, 0.2) is 5.50 Å². The zero-order valence-electron chi connectivity index (χ0n) is 13.1. The first-order valence-electron chi connectivity index (χ1n) is 7.74. The Kier molecular flexibility index (Phi) is 5.47. The first kappa shape index (κ1) is 16.6.